The van der Waals surface area contributed by atoms with Crippen molar-refractivity contribution in [3.8, 4) is 0 Å². The second kappa shape index (κ2) is 5.14. The Morgan fingerprint density at radius 2 is 2.11 bits per heavy atom. The number of hydrogen-bond acceptors (Lipinski definition) is 3. The molecule has 2 aromatic rings. The van der Waals surface area contributed by atoms with Gasteiger partial charge in [-0.3, -0.25) is 9.59 Å². The summed E-state index contributed by atoms with van der Waals surface area (Å²) >= 11 is 12.5. The zero-order chi connectivity index (χ0) is 13.3. The molecule has 0 atom stereocenters. The largest absolute Gasteiger partial charge is 0.365 e. The van der Waals surface area contributed by atoms with Gasteiger partial charge in [-0.25, -0.2) is 0 Å². The Balaban J connectivity index is 2.62. The van der Waals surface area contributed by atoms with Gasteiger partial charge in [0.25, 0.3) is 5.91 Å². The van der Waals surface area contributed by atoms with Crippen molar-refractivity contribution in [1.82, 2.24) is 0 Å². The molecule has 0 aliphatic rings. The summed E-state index contributed by atoms with van der Waals surface area (Å²) in [6.45, 7) is 0. The van der Waals surface area contributed by atoms with E-state index < -0.39 is 11.8 Å². The van der Waals surface area contributed by atoms with Gasteiger partial charge in [-0.05, 0) is 18.2 Å². The number of nitrogens with one attached hydrogen (secondary N) is 1. The number of thiophene rings is 1. The van der Waals surface area contributed by atoms with E-state index in [-0.39, 0.29) is 11.4 Å². The maximum absolute atomic E-state index is 11.5. The molecule has 0 aliphatic carbocycles. The number of benzene rings is 1. The fraction of sp³-hybridized carbons (Fsp3) is 0.0909. The summed E-state index contributed by atoms with van der Waals surface area (Å²) in [6, 6.07) is 5.12. The normalized spacial score (nSPS) is 10.6. The Bertz CT molecular complexity index is 639. The predicted octanol–water partition coefficient (Wildman–Crippen LogP) is 2.83. The molecule has 0 unspecified atom stereocenters. The lowest BCUT2D eigenvalue weighted by Crippen LogP contribution is -2.17. The van der Waals surface area contributed by atoms with Gasteiger partial charge in [-0.2, -0.15) is 0 Å². The van der Waals surface area contributed by atoms with Gasteiger partial charge in [-0.15, -0.1) is 22.9 Å². The molecule has 2 rings (SSSR count). The van der Waals surface area contributed by atoms with Crippen LogP contribution >= 0.6 is 34.5 Å². The number of amides is 2. The first kappa shape index (κ1) is 13.1. The van der Waals surface area contributed by atoms with Crippen molar-refractivity contribution in [3.63, 3.8) is 0 Å². The van der Waals surface area contributed by atoms with Gasteiger partial charge in [0.1, 0.15) is 10.9 Å². The van der Waals surface area contributed by atoms with E-state index in [0.717, 1.165) is 4.70 Å². The molecule has 0 saturated carbocycles. The third-order valence-electron chi connectivity index (χ3n) is 2.27. The molecule has 1 heterocycles. The molecule has 4 nitrogen and oxygen atoms in total. The molecule has 18 heavy (non-hydrogen) atoms. The maximum atomic E-state index is 11.5. The minimum atomic E-state index is -0.617. The van der Waals surface area contributed by atoms with Gasteiger partial charge in [0, 0.05) is 15.1 Å². The number of carbonyl (C=O) groups is 2. The highest BCUT2D eigenvalue weighted by molar-refractivity contribution is 7.23. The summed E-state index contributed by atoms with van der Waals surface area (Å²) in [5, 5.41) is 4.08. The van der Waals surface area contributed by atoms with Crippen LogP contribution in [0.25, 0.3) is 10.1 Å². The van der Waals surface area contributed by atoms with Crippen molar-refractivity contribution in [3.05, 3.63) is 28.8 Å². The molecule has 0 saturated heterocycles. The van der Waals surface area contributed by atoms with E-state index in [0.29, 0.717) is 15.4 Å². The number of fused-ring (bicyclic) bond motifs is 1. The highest BCUT2D eigenvalue weighted by Gasteiger charge is 2.18. The van der Waals surface area contributed by atoms with Crippen molar-refractivity contribution < 1.29 is 9.59 Å². The van der Waals surface area contributed by atoms with Crippen LogP contribution in [0.5, 0.6) is 0 Å². The first-order valence-corrected chi connectivity index (χ1v) is 6.63. The minimum Gasteiger partial charge on any atom is -0.365 e. The van der Waals surface area contributed by atoms with Crippen LogP contribution in [0, 0.1) is 0 Å². The lowest BCUT2D eigenvalue weighted by Gasteiger charge is -2.01. The zero-order valence-corrected chi connectivity index (χ0v) is 11.3. The monoisotopic (exact) mass is 302 g/mol. The van der Waals surface area contributed by atoms with Crippen molar-refractivity contribution in [2.45, 2.75) is 0 Å². The average Bonchev–Trinajstić information content (AvgIpc) is 2.65. The van der Waals surface area contributed by atoms with Gasteiger partial charge in [0.15, 0.2) is 0 Å². The van der Waals surface area contributed by atoms with Crippen LogP contribution in [0.1, 0.15) is 10.4 Å². The molecule has 2 amide bonds. The van der Waals surface area contributed by atoms with Crippen LogP contribution in [0.4, 0.5) is 5.00 Å². The fourth-order valence-corrected chi connectivity index (χ4v) is 2.91. The van der Waals surface area contributed by atoms with E-state index in [9.17, 15) is 9.59 Å². The SMILES string of the molecule is NC(=O)c1c(NC(=O)CCl)sc2ccc(Cl)cc12. The van der Waals surface area contributed by atoms with Crippen molar-refractivity contribution in [2.24, 2.45) is 5.73 Å². The molecule has 0 spiro atoms. The number of alkyl halides is 1. The topological polar surface area (TPSA) is 72.2 Å². The van der Waals surface area contributed by atoms with Crippen molar-refractivity contribution >= 4 is 61.4 Å². The summed E-state index contributed by atoms with van der Waals surface area (Å²) in [6.07, 6.45) is 0. The number of hydrogen-bond donors (Lipinski definition) is 2. The Labute approximate surface area is 117 Å². The predicted molar refractivity (Wildman–Crippen MR) is 74.7 cm³/mol. The van der Waals surface area contributed by atoms with E-state index in [1.54, 1.807) is 18.2 Å². The number of halogens is 2. The number of anilines is 1. The second-order valence-corrected chi connectivity index (χ2v) is 5.25. The Kier molecular flexibility index (Phi) is 3.75. The van der Waals surface area contributed by atoms with Gasteiger partial charge in [0.05, 0.1) is 5.56 Å². The fourth-order valence-electron chi connectivity index (χ4n) is 1.56. The third-order valence-corrected chi connectivity index (χ3v) is 3.83. The summed E-state index contributed by atoms with van der Waals surface area (Å²) in [7, 11) is 0. The van der Waals surface area contributed by atoms with Crippen LogP contribution in [-0.2, 0) is 4.79 Å². The number of nitrogens with two attached hydrogens (primary N) is 1. The molecule has 1 aromatic carbocycles. The molecule has 94 valence electrons. The lowest BCUT2D eigenvalue weighted by molar-refractivity contribution is -0.113. The third kappa shape index (κ3) is 2.43. The number of rotatable bonds is 3. The van der Waals surface area contributed by atoms with E-state index in [1.807, 2.05) is 0 Å². The van der Waals surface area contributed by atoms with Crippen molar-refractivity contribution in [1.29, 1.82) is 0 Å². The number of primary amides is 1. The first-order chi connectivity index (χ1) is 8.52. The lowest BCUT2D eigenvalue weighted by atomic mass is 10.1. The minimum absolute atomic E-state index is 0.187. The van der Waals surface area contributed by atoms with Crippen molar-refractivity contribution in [2.75, 3.05) is 11.2 Å². The van der Waals surface area contributed by atoms with Gasteiger partial charge in [0.2, 0.25) is 5.91 Å². The molecule has 7 heteroatoms. The summed E-state index contributed by atoms with van der Waals surface area (Å²) in [4.78, 5) is 22.8. The highest BCUT2D eigenvalue weighted by Crippen LogP contribution is 2.36. The van der Waals surface area contributed by atoms with Gasteiger partial charge < -0.3 is 11.1 Å². The summed E-state index contributed by atoms with van der Waals surface area (Å²) in [5.74, 6) is -1.20. The molecular weight excluding hydrogens is 295 g/mol. The second-order valence-electron chi connectivity index (χ2n) is 3.49. The molecule has 1 aromatic heterocycles. The zero-order valence-electron chi connectivity index (χ0n) is 9.00. The summed E-state index contributed by atoms with van der Waals surface area (Å²) in [5.41, 5.74) is 5.59. The van der Waals surface area contributed by atoms with Crippen LogP contribution in [-0.4, -0.2) is 17.7 Å². The van der Waals surface area contributed by atoms with Crippen LogP contribution in [0.3, 0.4) is 0 Å². The van der Waals surface area contributed by atoms with Crippen LogP contribution in [0.2, 0.25) is 5.02 Å². The van der Waals surface area contributed by atoms with Gasteiger partial charge in [-0.1, -0.05) is 11.6 Å². The van der Waals surface area contributed by atoms with E-state index >= 15 is 0 Å². The molecule has 0 radical (unpaired) electrons. The Morgan fingerprint density at radius 1 is 1.39 bits per heavy atom. The number of carbonyl (C=O) groups excluding carboxylic acids is 2. The molecule has 0 aliphatic heterocycles. The highest BCUT2D eigenvalue weighted by atomic mass is 35.5. The molecule has 0 fully saturated rings. The Morgan fingerprint density at radius 3 is 2.72 bits per heavy atom. The standard InChI is InChI=1S/C11H8Cl2N2O2S/c12-4-8(16)15-11-9(10(14)17)6-3-5(13)1-2-7(6)18-11/h1-3H,4H2,(H2,14,17)(H,15,16). The maximum Gasteiger partial charge on any atom is 0.252 e. The van der Waals surface area contributed by atoms with E-state index in [2.05, 4.69) is 5.32 Å². The Hall–Kier alpha value is -1.30. The molecular formula is C11H8Cl2N2O2S. The van der Waals surface area contributed by atoms with E-state index in [4.69, 9.17) is 28.9 Å². The smallest absolute Gasteiger partial charge is 0.252 e. The van der Waals surface area contributed by atoms with Crippen LogP contribution in [0.15, 0.2) is 18.2 Å². The first-order valence-electron chi connectivity index (χ1n) is 4.90. The summed E-state index contributed by atoms with van der Waals surface area (Å²) < 4.78 is 0.818. The van der Waals surface area contributed by atoms with Crippen LogP contribution < -0.4 is 11.1 Å². The van der Waals surface area contributed by atoms with E-state index in [1.165, 1.54) is 11.3 Å². The molecule has 3 N–H and O–H groups in total. The quantitative estimate of drug-likeness (QED) is 0.856. The average molecular weight is 303 g/mol. The van der Waals surface area contributed by atoms with Gasteiger partial charge >= 0.3 is 0 Å². The molecule has 0 bridgehead atoms.